The van der Waals surface area contributed by atoms with Crippen LogP contribution in [0.3, 0.4) is 0 Å². The smallest absolute Gasteiger partial charge is 0.319 e. The molecule has 4 aromatic rings. The molecule has 2 N–H and O–H groups in total. The number of benzene rings is 2. The third kappa shape index (κ3) is 3.40. The Hall–Kier alpha value is -3.26. The van der Waals surface area contributed by atoms with Crippen molar-refractivity contribution < 1.29 is 9.18 Å². The number of fused-ring (bicyclic) bond motifs is 1. The third-order valence-corrected chi connectivity index (χ3v) is 4.41. The highest BCUT2D eigenvalue weighted by Gasteiger charge is 2.08. The van der Waals surface area contributed by atoms with Crippen LogP contribution in [0.2, 0.25) is 0 Å². The van der Waals surface area contributed by atoms with Crippen molar-refractivity contribution in [2.45, 2.75) is 6.54 Å². The Balaban J connectivity index is 1.44. The van der Waals surface area contributed by atoms with Gasteiger partial charge in [0.1, 0.15) is 18.0 Å². The predicted molar refractivity (Wildman–Crippen MR) is 99.0 cm³/mol. The molecule has 8 heteroatoms. The summed E-state index contributed by atoms with van der Waals surface area (Å²) in [6, 6.07) is 11.1. The number of halogens is 1. The molecule has 2 aromatic heterocycles. The van der Waals surface area contributed by atoms with Crippen LogP contribution in [0, 0.1) is 5.82 Å². The number of amides is 2. The van der Waals surface area contributed by atoms with Gasteiger partial charge in [-0.2, -0.15) is 0 Å². The van der Waals surface area contributed by atoms with Crippen LogP contribution in [0.1, 0.15) is 5.56 Å². The van der Waals surface area contributed by atoms with Gasteiger partial charge in [0.15, 0.2) is 0 Å². The van der Waals surface area contributed by atoms with Gasteiger partial charge < -0.3 is 10.6 Å². The summed E-state index contributed by atoms with van der Waals surface area (Å²) < 4.78 is 14.8. The van der Waals surface area contributed by atoms with Gasteiger partial charge in [-0.15, -0.1) is 11.3 Å². The molecule has 0 aliphatic rings. The van der Waals surface area contributed by atoms with Gasteiger partial charge in [0.25, 0.3) is 0 Å². The summed E-state index contributed by atoms with van der Waals surface area (Å²) in [5.74, 6) is 0.513. The van der Waals surface area contributed by atoms with Crippen molar-refractivity contribution in [2.75, 3.05) is 5.32 Å². The molecule has 0 aliphatic carbocycles. The number of carbonyl (C=O) groups excluding carboxylic acids is 1. The molecule has 0 aliphatic heterocycles. The highest BCUT2D eigenvalue weighted by molar-refractivity contribution is 7.07. The van der Waals surface area contributed by atoms with Crippen LogP contribution >= 0.6 is 11.3 Å². The lowest BCUT2D eigenvalue weighted by Crippen LogP contribution is -2.28. The van der Waals surface area contributed by atoms with Gasteiger partial charge in [0.05, 0.1) is 16.5 Å². The van der Waals surface area contributed by atoms with Crippen molar-refractivity contribution in [3.8, 4) is 5.82 Å². The van der Waals surface area contributed by atoms with Gasteiger partial charge in [-0.1, -0.05) is 12.1 Å². The molecular weight excluding hydrogens is 353 g/mol. The Morgan fingerprint density at radius 1 is 1.15 bits per heavy atom. The molecule has 0 fully saturated rings. The summed E-state index contributed by atoms with van der Waals surface area (Å²) in [6.07, 6.45) is 1.71. The zero-order valence-corrected chi connectivity index (χ0v) is 14.3. The topological polar surface area (TPSA) is 71.8 Å². The summed E-state index contributed by atoms with van der Waals surface area (Å²) in [4.78, 5) is 20.7. The average molecular weight is 367 g/mol. The molecule has 0 bridgehead atoms. The second-order valence-corrected chi connectivity index (χ2v) is 6.32. The van der Waals surface area contributed by atoms with E-state index in [-0.39, 0.29) is 11.8 Å². The Morgan fingerprint density at radius 2 is 2.00 bits per heavy atom. The number of hydrogen-bond acceptors (Lipinski definition) is 4. The molecule has 2 aromatic carbocycles. The highest BCUT2D eigenvalue weighted by atomic mass is 32.1. The largest absolute Gasteiger partial charge is 0.334 e. The normalized spacial score (nSPS) is 10.8. The molecular formula is C18H14FN5OS. The first kappa shape index (κ1) is 16.2. The Labute approximate surface area is 152 Å². The van der Waals surface area contributed by atoms with Crippen LogP contribution in [0.15, 0.2) is 59.7 Å². The van der Waals surface area contributed by atoms with E-state index in [1.54, 1.807) is 30.0 Å². The lowest BCUT2D eigenvalue weighted by atomic mass is 10.2. The van der Waals surface area contributed by atoms with Crippen LogP contribution < -0.4 is 10.6 Å². The minimum atomic E-state index is -0.340. The molecule has 0 saturated heterocycles. The van der Waals surface area contributed by atoms with Crippen molar-refractivity contribution in [1.29, 1.82) is 0 Å². The molecule has 0 unspecified atom stereocenters. The minimum Gasteiger partial charge on any atom is -0.334 e. The van der Waals surface area contributed by atoms with Gasteiger partial charge in [0.2, 0.25) is 0 Å². The number of nitrogens with zero attached hydrogens (tertiary/aromatic N) is 3. The van der Waals surface area contributed by atoms with Crippen molar-refractivity contribution in [1.82, 2.24) is 19.9 Å². The van der Waals surface area contributed by atoms with Crippen molar-refractivity contribution in [2.24, 2.45) is 0 Å². The minimum absolute atomic E-state index is 0.302. The van der Waals surface area contributed by atoms with E-state index in [1.807, 2.05) is 22.1 Å². The van der Waals surface area contributed by atoms with Crippen molar-refractivity contribution >= 4 is 34.1 Å². The van der Waals surface area contributed by atoms with E-state index < -0.39 is 0 Å². The molecule has 26 heavy (non-hydrogen) atoms. The maximum atomic E-state index is 12.9. The van der Waals surface area contributed by atoms with Crippen LogP contribution in [0.4, 0.5) is 14.9 Å². The molecule has 2 heterocycles. The lowest BCUT2D eigenvalue weighted by Gasteiger charge is -2.08. The summed E-state index contributed by atoms with van der Waals surface area (Å²) in [6.45, 7) is 0.312. The molecule has 0 radical (unpaired) electrons. The molecule has 2 amide bonds. The number of aromatic nitrogens is 3. The van der Waals surface area contributed by atoms with Gasteiger partial charge in [-0.3, -0.25) is 4.57 Å². The number of urea groups is 1. The van der Waals surface area contributed by atoms with Crippen LogP contribution in [0.5, 0.6) is 0 Å². The van der Waals surface area contributed by atoms with Gasteiger partial charge >= 0.3 is 6.03 Å². The van der Waals surface area contributed by atoms with E-state index in [2.05, 4.69) is 20.6 Å². The first-order chi connectivity index (χ1) is 12.7. The van der Waals surface area contributed by atoms with Crippen molar-refractivity contribution in [3.05, 3.63) is 71.1 Å². The predicted octanol–water partition coefficient (Wildman–Crippen LogP) is 3.94. The monoisotopic (exact) mass is 367 g/mol. The van der Waals surface area contributed by atoms with E-state index in [4.69, 9.17) is 0 Å². The van der Waals surface area contributed by atoms with E-state index in [0.29, 0.717) is 12.2 Å². The number of rotatable bonds is 4. The second kappa shape index (κ2) is 6.93. The quantitative estimate of drug-likeness (QED) is 0.574. The summed E-state index contributed by atoms with van der Waals surface area (Å²) in [5.41, 5.74) is 4.89. The number of thiazole rings is 1. The van der Waals surface area contributed by atoms with Crippen LogP contribution in [-0.2, 0) is 6.54 Å². The van der Waals surface area contributed by atoms with Crippen molar-refractivity contribution in [3.63, 3.8) is 0 Å². The Kier molecular flexibility index (Phi) is 4.32. The highest BCUT2D eigenvalue weighted by Crippen LogP contribution is 2.21. The fourth-order valence-corrected chi connectivity index (χ4v) is 3.08. The first-order valence-corrected chi connectivity index (χ1v) is 8.78. The molecule has 0 atom stereocenters. The zero-order valence-electron chi connectivity index (χ0n) is 13.5. The fraction of sp³-hybridized carbons (Fsp3) is 0.0556. The molecule has 0 saturated carbocycles. The van der Waals surface area contributed by atoms with Crippen LogP contribution in [-0.4, -0.2) is 20.6 Å². The summed E-state index contributed by atoms with van der Waals surface area (Å²) >= 11 is 1.52. The second-order valence-electron chi connectivity index (χ2n) is 5.60. The molecule has 6 nitrogen and oxygen atoms in total. The van der Waals surface area contributed by atoms with E-state index in [1.165, 1.54) is 23.5 Å². The maximum absolute atomic E-state index is 12.9. The van der Waals surface area contributed by atoms with E-state index in [0.717, 1.165) is 22.4 Å². The van der Waals surface area contributed by atoms with Gasteiger partial charge in [-0.05, 0) is 35.9 Å². The number of nitrogens with one attached hydrogen (secondary N) is 2. The number of anilines is 1. The number of hydrogen-bond donors (Lipinski definition) is 2. The SMILES string of the molecule is O=C(NCc1ccc(F)cc1)Nc1ccc2c(c1)ncn2-c1cscn1. The fourth-order valence-electron chi connectivity index (χ4n) is 2.56. The zero-order chi connectivity index (χ0) is 17.9. The first-order valence-electron chi connectivity index (χ1n) is 7.84. The molecule has 130 valence electrons. The Morgan fingerprint density at radius 3 is 2.77 bits per heavy atom. The Bertz CT molecular complexity index is 1040. The maximum Gasteiger partial charge on any atom is 0.319 e. The van der Waals surface area contributed by atoms with Gasteiger partial charge in [-0.25, -0.2) is 19.2 Å². The molecule has 0 spiro atoms. The standard InChI is InChI=1S/C18H14FN5OS/c19-13-3-1-12(2-4-13)8-20-18(25)23-14-5-6-16-15(7-14)21-10-24(16)17-9-26-11-22-17/h1-7,9-11H,8H2,(H2,20,23,25). The average Bonchev–Trinajstić information content (AvgIpc) is 3.30. The van der Waals surface area contributed by atoms with Gasteiger partial charge in [0, 0.05) is 17.6 Å². The van der Waals surface area contributed by atoms with E-state index >= 15 is 0 Å². The number of imidazole rings is 1. The molecule has 4 rings (SSSR count). The van der Waals surface area contributed by atoms with Crippen LogP contribution in [0.25, 0.3) is 16.9 Å². The number of carbonyl (C=O) groups is 1. The summed E-state index contributed by atoms with van der Waals surface area (Å²) in [7, 11) is 0. The third-order valence-electron chi connectivity index (χ3n) is 3.84. The summed E-state index contributed by atoms with van der Waals surface area (Å²) in [5, 5.41) is 7.45. The van der Waals surface area contributed by atoms with E-state index in [9.17, 15) is 9.18 Å². The lowest BCUT2D eigenvalue weighted by molar-refractivity contribution is 0.251.